The van der Waals surface area contributed by atoms with E-state index in [0.717, 1.165) is 24.1 Å². The number of nitrogens with zero attached hydrogens (tertiary/aromatic N) is 2. The van der Waals surface area contributed by atoms with Gasteiger partial charge in [0, 0.05) is 25.0 Å². The number of benzene rings is 1. The van der Waals surface area contributed by atoms with Gasteiger partial charge in [-0.05, 0) is 38.5 Å². The first kappa shape index (κ1) is 17.2. The lowest BCUT2D eigenvalue weighted by atomic mass is 10.2. The molecule has 0 spiro atoms. The van der Waals surface area contributed by atoms with E-state index >= 15 is 0 Å². The number of hydrogen-bond acceptors (Lipinski definition) is 4. The van der Waals surface area contributed by atoms with Crippen LogP contribution in [0.1, 0.15) is 28.2 Å². The number of amides is 1. The molecule has 124 valence electrons. The van der Waals surface area contributed by atoms with Crippen molar-refractivity contribution >= 4 is 15.7 Å². The lowest BCUT2D eigenvalue weighted by molar-refractivity contribution is 0.0949. The third-order valence-electron chi connectivity index (χ3n) is 3.47. The Labute approximate surface area is 136 Å². The zero-order chi connectivity index (χ0) is 17.0. The third kappa shape index (κ3) is 4.41. The summed E-state index contributed by atoms with van der Waals surface area (Å²) in [6.07, 6.45) is 1.82. The number of aryl methyl sites for hydroxylation is 3. The largest absolute Gasteiger partial charge is 0.352 e. The van der Waals surface area contributed by atoms with Crippen molar-refractivity contribution in [3.63, 3.8) is 0 Å². The van der Waals surface area contributed by atoms with Crippen LogP contribution in [-0.2, 0) is 16.4 Å². The van der Waals surface area contributed by atoms with Gasteiger partial charge in [0.05, 0.1) is 16.2 Å². The smallest absolute Gasteiger partial charge is 0.252 e. The molecular weight excluding hydrogens is 314 g/mol. The quantitative estimate of drug-likeness (QED) is 0.815. The van der Waals surface area contributed by atoms with Crippen molar-refractivity contribution in [2.75, 3.05) is 12.8 Å². The summed E-state index contributed by atoms with van der Waals surface area (Å²) in [6, 6.07) is 8.23. The van der Waals surface area contributed by atoms with Crippen molar-refractivity contribution in [3.8, 4) is 0 Å². The number of sulfone groups is 1. The van der Waals surface area contributed by atoms with Gasteiger partial charge in [-0.3, -0.25) is 9.48 Å². The van der Waals surface area contributed by atoms with Crippen molar-refractivity contribution in [3.05, 3.63) is 47.3 Å². The minimum atomic E-state index is -3.43. The Kier molecular flexibility index (Phi) is 5.20. The minimum Gasteiger partial charge on any atom is -0.352 e. The Morgan fingerprint density at radius 2 is 1.96 bits per heavy atom. The zero-order valence-corrected chi connectivity index (χ0v) is 14.4. The predicted molar refractivity (Wildman–Crippen MR) is 88.2 cm³/mol. The highest BCUT2D eigenvalue weighted by atomic mass is 32.2. The molecule has 1 N–H and O–H groups in total. The van der Waals surface area contributed by atoms with Gasteiger partial charge in [0.2, 0.25) is 0 Å². The van der Waals surface area contributed by atoms with Gasteiger partial charge >= 0.3 is 0 Å². The van der Waals surface area contributed by atoms with Crippen molar-refractivity contribution < 1.29 is 13.2 Å². The fraction of sp³-hybridized carbons (Fsp3) is 0.375. The average Bonchev–Trinajstić information content (AvgIpc) is 2.80. The summed E-state index contributed by atoms with van der Waals surface area (Å²) in [6.45, 7) is 5.08. The van der Waals surface area contributed by atoms with E-state index in [4.69, 9.17) is 0 Å². The first-order valence-corrected chi connectivity index (χ1v) is 9.26. The molecule has 0 unspecified atom stereocenters. The molecule has 7 heteroatoms. The molecule has 0 aliphatic rings. The van der Waals surface area contributed by atoms with E-state index in [-0.39, 0.29) is 16.4 Å². The highest BCUT2D eigenvalue weighted by Crippen LogP contribution is 2.15. The third-order valence-corrected chi connectivity index (χ3v) is 4.62. The van der Waals surface area contributed by atoms with Crippen LogP contribution in [0.25, 0.3) is 0 Å². The number of carbonyl (C=O) groups is 1. The summed E-state index contributed by atoms with van der Waals surface area (Å²) in [7, 11) is -3.43. The van der Waals surface area contributed by atoms with Crippen LogP contribution in [0.5, 0.6) is 0 Å². The maximum absolute atomic E-state index is 12.2. The maximum Gasteiger partial charge on any atom is 0.252 e. The Hall–Kier alpha value is -2.15. The molecule has 0 atom stereocenters. The molecule has 1 amide bonds. The molecule has 0 saturated carbocycles. The summed E-state index contributed by atoms with van der Waals surface area (Å²) in [5, 5.41) is 7.12. The fourth-order valence-corrected chi connectivity index (χ4v) is 3.29. The van der Waals surface area contributed by atoms with Gasteiger partial charge in [0.25, 0.3) is 5.91 Å². The van der Waals surface area contributed by atoms with Crippen LogP contribution in [0.4, 0.5) is 0 Å². The van der Waals surface area contributed by atoms with Crippen LogP contribution >= 0.6 is 0 Å². The first-order valence-electron chi connectivity index (χ1n) is 7.37. The molecule has 0 saturated heterocycles. The second kappa shape index (κ2) is 6.95. The summed E-state index contributed by atoms with van der Waals surface area (Å²) >= 11 is 0. The molecule has 6 nitrogen and oxygen atoms in total. The van der Waals surface area contributed by atoms with E-state index in [0.29, 0.717) is 13.1 Å². The highest BCUT2D eigenvalue weighted by Gasteiger charge is 2.17. The van der Waals surface area contributed by atoms with Crippen LogP contribution in [-0.4, -0.2) is 36.9 Å². The Morgan fingerprint density at radius 3 is 2.57 bits per heavy atom. The van der Waals surface area contributed by atoms with E-state index in [1.54, 1.807) is 12.1 Å². The lowest BCUT2D eigenvalue weighted by Crippen LogP contribution is -2.27. The van der Waals surface area contributed by atoms with Crippen LogP contribution in [0.3, 0.4) is 0 Å². The summed E-state index contributed by atoms with van der Waals surface area (Å²) in [5.41, 5.74) is 2.23. The summed E-state index contributed by atoms with van der Waals surface area (Å²) < 4.78 is 25.3. The molecule has 2 rings (SSSR count). The standard InChI is InChI=1S/C16H21N3O3S/c1-12-11-13(2)19(18-12)10-6-9-17-16(20)14-7-4-5-8-15(14)23(3,21)22/h4-5,7-8,11H,6,9-10H2,1-3H3,(H,17,20). The van der Waals surface area contributed by atoms with Gasteiger partial charge in [-0.25, -0.2) is 8.42 Å². The molecule has 0 aliphatic heterocycles. The zero-order valence-electron chi connectivity index (χ0n) is 13.5. The molecule has 2 aromatic rings. The highest BCUT2D eigenvalue weighted by molar-refractivity contribution is 7.90. The molecule has 1 aromatic heterocycles. The normalized spacial score (nSPS) is 11.4. The van der Waals surface area contributed by atoms with Gasteiger partial charge in [-0.1, -0.05) is 12.1 Å². The maximum atomic E-state index is 12.2. The fourth-order valence-electron chi connectivity index (χ4n) is 2.40. The second-order valence-electron chi connectivity index (χ2n) is 5.53. The molecule has 1 heterocycles. The number of aromatic nitrogens is 2. The van der Waals surface area contributed by atoms with Crippen molar-refractivity contribution in [1.82, 2.24) is 15.1 Å². The van der Waals surface area contributed by atoms with E-state index in [1.807, 2.05) is 24.6 Å². The molecule has 0 aliphatic carbocycles. The predicted octanol–water partition coefficient (Wildman–Crippen LogP) is 1.72. The van der Waals surface area contributed by atoms with Crippen molar-refractivity contribution in [2.45, 2.75) is 31.7 Å². The molecule has 0 radical (unpaired) electrons. The topological polar surface area (TPSA) is 81.1 Å². The van der Waals surface area contributed by atoms with E-state index in [1.165, 1.54) is 12.1 Å². The number of nitrogens with one attached hydrogen (secondary N) is 1. The molecule has 0 fully saturated rings. The number of rotatable bonds is 6. The average molecular weight is 335 g/mol. The number of hydrogen-bond donors (Lipinski definition) is 1. The van der Waals surface area contributed by atoms with E-state index < -0.39 is 9.84 Å². The van der Waals surface area contributed by atoms with Gasteiger partial charge in [0.1, 0.15) is 0 Å². The molecule has 1 aromatic carbocycles. The summed E-state index contributed by atoms with van der Waals surface area (Å²) in [5.74, 6) is -0.376. The first-order chi connectivity index (χ1) is 10.8. The Morgan fingerprint density at radius 1 is 1.26 bits per heavy atom. The van der Waals surface area contributed by atoms with Crippen LogP contribution in [0, 0.1) is 13.8 Å². The van der Waals surface area contributed by atoms with Crippen LogP contribution in [0.15, 0.2) is 35.2 Å². The molecule has 23 heavy (non-hydrogen) atoms. The van der Waals surface area contributed by atoms with E-state index in [9.17, 15) is 13.2 Å². The van der Waals surface area contributed by atoms with Crippen molar-refractivity contribution in [1.29, 1.82) is 0 Å². The monoisotopic (exact) mass is 335 g/mol. The van der Waals surface area contributed by atoms with Gasteiger partial charge in [-0.15, -0.1) is 0 Å². The lowest BCUT2D eigenvalue weighted by Gasteiger charge is -2.09. The van der Waals surface area contributed by atoms with E-state index in [2.05, 4.69) is 10.4 Å². The summed E-state index contributed by atoms with van der Waals surface area (Å²) in [4.78, 5) is 12.2. The van der Waals surface area contributed by atoms with Crippen molar-refractivity contribution in [2.24, 2.45) is 0 Å². The Bertz CT molecular complexity index is 810. The van der Waals surface area contributed by atoms with Crippen LogP contribution < -0.4 is 5.32 Å². The van der Waals surface area contributed by atoms with Gasteiger partial charge in [0.15, 0.2) is 9.84 Å². The molecular formula is C16H21N3O3S. The van der Waals surface area contributed by atoms with Crippen LogP contribution in [0.2, 0.25) is 0 Å². The SMILES string of the molecule is Cc1cc(C)n(CCCNC(=O)c2ccccc2S(C)(=O)=O)n1. The van der Waals surface area contributed by atoms with Gasteiger partial charge in [-0.2, -0.15) is 5.10 Å². The number of carbonyl (C=O) groups excluding carboxylic acids is 1. The second-order valence-corrected chi connectivity index (χ2v) is 7.51. The Balaban J connectivity index is 1.95. The molecule has 0 bridgehead atoms. The minimum absolute atomic E-state index is 0.0519. The van der Waals surface area contributed by atoms with Gasteiger partial charge < -0.3 is 5.32 Å².